The molecule has 0 aliphatic rings. The molecule has 0 aromatic heterocycles. The molecule has 4 heteroatoms. The van der Waals surface area contributed by atoms with Crippen LogP contribution in [0, 0.1) is 69.2 Å². The lowest BCUT2D eigenvalue weighted by atomic mass is 9.76. The van der Waals surface area contributed by atoms with Gasteiger partial charge in [0.15, 0.2) is 0 Å². The molecule has 0 unspecified atom stereocenters. The highest BCUT2D eigenvalue weighted by atomic mass is 16.3. The summed E-state index contributed by atoms with van der Waals surface area (Å²) in [6.45, 7) is 19.8. The Labute approximate surface area is 273 Å². The molecular formula is C42H46O4. The zero-order valence-corrected chi connectivity index (χ0v) is 28.7. The first kappa shape index (κ1) is 32.7. The summed E-state index contributed by atoms with van der Waals surface area (Å²) in [5, 5.41) is 42.6. The smallest absolute Gasteiger partial charge is 0.121 e. The molecule has 0 spiro atoms. The van der Waals surface area contributed by atoms with Crippen LogP contribution in [0.15, 0.2) is 60.7 Å². The molecule has 0 aliphatic heterocycles. The fourth-order valence-corrected chi connectivity index (χ4v) is 7.21. The second-order valence-electron chi connectivity index (χ2n) is 13.4. The first-order valence-corrected chi connectivity index (χ1v) is 15.9. The second-order valence-corrected chi connectivity index (χ2v) is 13.4. The molecule has 4 nitrogen and oxygen atoms in total. The van der Waals surface area contributed by atoms with Crippen molar-refractivity contribution in [2.75, 3.05) is 0 Å². The van der Waals surface area contributed by atoms with Crippen molar-refractivity contribution in [2.24, 2.45) is 0 Å². The largest absolute Gasteiger partial charge is 0.507 e. The molecule has 0 heterocycles. The molecule has 0 atom stereocenters. The fraction of sp³-hybridized carbons (Fsp3) is 0.286. The van der Waals surface area contributed by atoms with Gasteiger partial charge in [0, 0.05) is 11.8 Å². The number of phenolic OH excluding ortho intramolecular Hbond substituents is 4. The average molecular weight is 615 g/mol. The SMILES string of the molecule is Cc1cc(C(c2cc(C)c(O)c(C)c2)c2cc(C)c(O)c(C)c2)c(C)cc1C(c1cc(C)c(O)c(C)c1)c1cc(C)c(O)c(C)c1. The van der Waals surface area contributed by atoms with Crippen molar-refractivity contribution in [2.45, 2.75) is 81.1 Å². The maximum absolute atomic E-state index is 10.6. The average Bonchev–Trinajstić information content (AvgIpc) is 2.98. The van der Waals surface area contributed by atoms with Crippen LogP contribution in [0.25, 0.3) is 0 Å². The quantitative estimate of drug-likeness (QED) is 0.144. The van der Waals surface area contributed by atoms with Gasteiger partial charge in [0.25, 0.3) is 0 Å². The zero-order chi connectivity index (χ0) is 33.8. The summed E-state index contributed by atoms with van der Waals surface area (Å²) < 4.78 is 0. The summed E-state index contributed by atoms with van der Waals surface area (Å²) in [5.74, 6) is 0.990. The van der Waals surface area contributed by atoms with Gasteiger partial charge >= 0.3 is 0 Å². The Bertz CT molecular complexity index is 1650. The summed E-state index contributed by atoms with van der Waals surface area (Å²) in [6.07, 6.45) is 0. The molecule has 4 N–H and O–H groups in total. The van der Waals surface area contributed by atoms with Gasteiger partial charge in [-0.2, -0.15) is 0 Å². The monoisotopic (exact) mass is 614 g/mol. The number of aryl methyl sites for hydroxylation is 10. The van der Waals surface area contributed by atoms with Crippen molar-refractivity contribution < 1.29 is 20.4 Å². The normalized spacial score (nSPS) is 11.6. The van der Waals surface area contributed by atoms with Gasteiger partial charge in [-0.05, 0) is 158 Å². The van der Waals surface area contributed by atoms with Crippen LogP contribution in [0.5, 0.6) is 23.0 Å². The third kappa shape index (κ3) is 5.85. The van der Waals surface area contributed by atoms with Crippen molar-refractivity contribution >= 4 is 0 Å². The molecule has 5 aromatic carbocycles. The molecule has 0 radical (unpaired) electrons. The first-order valence-electron chi connectivity index (χ1n) is 15.9. The Balaban J connectivity index is 1.79. The van der Waals surface area contributed by atoms with Gasteiger partial charge in [0.1, 0.15) is 23.0 Å². The number of aromatic hydroxyl groups is 4. The first-order chi connectivity index (χ1) is 21.6. The topological polar surface area (TPSA) is 80.9 Å². The van der Waals surface area contributed by atoms with E-state index in [9.17, 15) is 20.4 Å². The van der Waals surface area contributed by atoms with Crippen molar-refractivity contribution in [3.8, 4) is 23.0 Å². The van der Waals surface area contributed by atoms with Gasteiger partial charge in [-0.25, -0.2) is 0 Å². The fourth-order valence-electron chi connectivity index (χ4n) is 7.21. The highest BCUT2D eigenvalue weighted by Crippen LogP contribution is 2.44. The molecule has 0 saturated heterocycles. The van der Waals surface area contributed by atoms with E-state index in [1.807, 2.05) is 55.4 Å². The van der Waals surface area contributed by atoms with E-state index in [0.717, 1.165) is 89.0 Å². The number of hydrogen-bond donors (Lipinski definition) is 4. The summed E-state index contributed by atoms with van der Waals surface area (Å²) in [7, 11) is 0. The number of hydrogen-bond acceptors (Lipinski definition) is 4. The van der Waals surface area contributed by atoms with Gasteiger partial charge < -0.3 is 20.4 Å². The molecule has 238 valence electrons. The van der Waals surface area contributed by atoms with E-state index in [2.05, 4.69) is 74.5 Å². The lowest BCUT2D eigenvalue weighted by Gasteiger charge is -2.28. The molecule has 0 fully saturated rings. The van der Waals surface area contributed by atoms with Crippen LogP contribution in [0.1, 0.15) is 101 Å². The second kappa shape index (κ2) is 12.2. The van der Waals surface area contributed by atoms with Gasteiger partial charge in [-0.1, -0.05) is 60.7 Å². The van der Waals surface area contributed by atoms with E-state index >= 15 is 0 Å². The van der Waals surface area contributed by atoms with Crippen molar-refractivity contribution in [1.29, 1.82) is 0 Å². The Morgan fingerprint density at radius 3 is 0.630 bits per heavy atom. The van der Waals surface area contributed by atoms with E-state index in [-0.39, 0.29) is 11.8 Å². The van der Waals surface area contributed by atoms with Crippen LogP contribution in [0.3, 0.4) is 0 Å². The Morgan fingerprint density at radius 1 is 0.283 bits per heavy atom. The van der Waals surface area contributed by atoms with Gasteiger partial charge in [-0.3, -0.25) is 0 Å². The molecule has 5 rings (SSSR count). The third-order valence-corrected chi connectivity index (χ3v) is 9.66. The highest BCUT2D eigenvalue weighted by molar-refractivity contribution is 5.59. The van der Waals surface area contributed by atoms with Crippen molar-refractivity contribution in [3.05, 3.63) is 150 Å². The molecular weight excluding hydrogens is 568 g/mol. The number of benzene rings is 5. The van der Waals surface area contributed by atoms with Gasteiger partial charge in [-0.15, -0.1) is 0 Å². The summed E-state index contributed by atoms with van der Waals surface area (Å²) in [4.78, 5) is 0. The minimum absolute atomic E-state index is 0.126. The molecule has 0 aliphatic carbocycles. The molecule has 0 bridgehead atoms. The van der Waals surface area contributed by atoms with Crippen molar-refractivity contribution in [3.63, 3.8) is 0 Å². The Hall–Kier alpha value is -4.70. The van der Waals surface area contributed by atoms with Crippen LogP contribution in [0.4, 0.5) is 0 Å². The zero-order valence-electron chi connectivity index (χ0n) is 28.7. The van der Waals surface area contributed by atoms with Crippen LogP contribution in [-0.2, 0) is 0 Å². The van der Waals surface area contributed by atoms with E-state index in [0.29, 0.717) is 23.0 Å². The Morgan fingerprint density at radius 2 is 0.457 bits per heavy atom. The maximum Gasteiger partial charge on any atom is 0.121 e. The highest BCUT2D eigenvalue weighted by Gasteiger charge is 2.27. The molecule has 0 amide bonds. The minimum Gasteiger partial charge on any atom is -0.507 e. The summed E-state index contributed by atoms with van der Waals surface area (Å²) >= 11 is 0. The van der Waals surface area contributed by atoms with E-state index < -0.39 is 0 Å². The lowest BCUT2D eigenvalue weighted by molar-refractivity contribution is 0.465. The predicted molar refractivity (Wildman–Crippen MR) is 188 cm³/mol. The number of rotatable bonds is 6. The minimum atomic E-state index is -0.126. The van der Waals surface area contributed by atoms with E-state index in [1.54, 1.807) is 0 Å². The lowest BCUT2D eigenvalue weighted by Crippen LogP contribution is -2.12. The van der Waals surface area contributed by atoms with Crippen LogP contribution < -0.4 is 0 Å². The molecule has 5 aromatic rings. The third-order valence-electron chi connectivity index (χ3n) is 9.66. The van der Waals surface area contributed by atoms with Crippen LogP contribution in [-0.4, -0.2) is 20.4 Å². The maximum atomic E-state index is 10.6. The standard InChI is InChI=1S/C42H46O4/c1-21-19-36(38(33-15-27(7)41(45)28(8)16-33)34-17-29(9)42(46)30(10)18-34)22(2)20-35(21)37(31-11-23(3)39(43)24(4)12-31)32-13-25(5)40(44)26(6)14-32/h11-20,37-38,43-46H,1-10H3. The summed E-state index contributed by atoms with van der Waals surface area (Å²) in [6, 6.07) is 21.1. The van der Waals surface area contributed by atoms with E-state index in [4.69, 9.17) is 0 Å². The molecule has 0 saturated carbocycles. The van der Waals surface area contributed by atoms with Crippen LogP contribution in [0.2, 0.25) is 0 Å². The Kier molecular flexibility index (Phi) is 8.70. The molecule has 46 heavy (non-hydrogen) atoms. The van der Waals surface area contributed by atoms with Gasteiger partial charge in [0.2, 0.25) is 0 Å². The van der Waals surface area contributed by atoms with Gasteiger partial charge in [0.05, 0.1) is 0 Å². The van der Waals surface area contributed by atoms with E-state index in [1.165, 1.54) is 0 Å². The predicted octanol–water partition coefficient (Wildman–Crippen LogP) is 9.95. The van der Waals surface area contributed by atoms with Crippen LogP contribution >= 0.6 is 0 Å². The summed E-state index contributed by atoms with van der Waals surface area (Å²) in [5.41, 5.74) is 15.5. The number of phenols is 4. The van der Waals surface area contributed by atoms with Crippen molar-refractivity contribution in [1.82, 2.24) is 0 Å².